The fourth-order valence-corrected chi connectivity index (χ4v) is 4.77. The van der Waals surface area contributed by atoms with E-state index in [1.54, 1.807) is 11.6 Å². The van der Waals surface area contributed by atoms with E-state index in [-0.39, 0.29) is 16.9 Å². The van der Waals surface area contributed by atoms with Gasteiger partial charge in [-0.1, -0.05) is 20.8 Å². The molecule has 0 bridgehead atoms. The van der Waals surface area contributed by atoms with Crippen molar-refractivity contribution in [2.75, 3.05) is 0 Å². The van der Waals surface area contributed by atoms with Gasteiger partial charge in [-0.25, -0.2) is 4.98 Å². The summed E-state index contributed by atoms with van der Waals surface area (Å²) in [7, 11) is 1.76. The molecule has 5 nitrogen and oxygen atoms in total. The lowest BCUT2D eigenvalue weighted by Gasteiger charge is -2.52. The van der Waals surface area contributed by atoms with E-state index in [1.165, 1.54) is 6.21 Å². The Labute approximate surface area is 136 Å². The number of aryl methyl sites for hydroxylation is 1. The molecule has 1 aromatic heterocycles. The number of allylic oxidation sites excluding steroid dienone is 2. The molecule has 0 aliphatic heterocycles. The van der Waals surface area contributed by atoms with Gasteiger partial charge in [-0.2, -0.15) is 0 Å². The highest BCUT2D eigenvalue weighted by molar-refractivity contribution is 5.78. The highest BCUT2D eigenvalue weighted by Gasteiger charge is 2.54. The van der Waals surface area contributed by atoms with Crippen molar-refractivity contribution in [3.63, 3.8) is 0 Å². The summed E-state index contributed by atoms with van der Waals surface area (Å²) >= 11 is 0. The summed E-state index contributed by atoms with van der Waals surface area (Å²) in [5.41, 5.74) is 1.62. The van der Waals surface area contributed by atoms with Gasteiger partial charge in [-0.15, -0.1) is 0 Å². The number of aromatic nitrogens is 2. The Morgan fingerprint density at radius 3 is 2.65 bits per heavy atom. The molecule has 0 fully saturated rings. The van der Waals surface area contributed by atoms with Gasteiger partial charge in [0, 0.05) is 35.2 Å². The first-order chi connectivity index (χ1) is 10.6. The van der Waals surface area contributed by atoms with Crippen LogP contribution in [0.2, 0.25) is 0 Å². The summed E-state index contributed by atoms with van der Waals surface area (Å²) in [4.78, 5) is 17.4. The molecule has 1 heterocycles. The van der Waals surface area contributed by atoms with E-state index in [9.17, 15) is 9.90 Å². The van der Waals surface area contributed by atoms with E-state index < -0.39 is 5.41 Å². The van der Waals surface area contributed by atoms with Crippen molar-refractivity contribution >= 4 is 6.21 Å². The lowest BCUT2D eigenvalue weighted by atomic mass is 9.52. The molecule has 0 saturated carbocycles. The van der Waals surface area contributed by atoms with Gasteiger partial charge < -0.3 is 10.5 Å². The Hall–Kier alpha value is -1.91. The average Bonchev–Trinajstić information content (AvgIpc) is 2.49. The quantitative estimate of drug-likeness (QED) is 0.782. The van der Waals surface area contributed by atoms with Crippen LogP contribution in [0.5, 0.6) is 0 Å². The first kappa shape index (κ1) is 16.0. The SMILES string of the molecule is Cc1nc2c(c(=O)n1C)CC[C@H]1C(C)(C)C(O)=C(C=N)C[C@]21C. The normalized spacial score (nSPS) is 29.0. The maximum Gasteiger partial charge on any atom is 0.256 e. The van der Waals surface area contributed by atoms with Gasteiger partial charge in [-0.05, 0) is 32.1 Å². The summed E-state index contributed by atoms with van der Waals surface area (Å²) in [6, 6.07) is 0. The molecule has 5 heteroatoms. The third-order valence-electron chi connectivity index (χ3n) is 6.12. The van der Waals surface area contributed by atoms with Crippen molar-refractivity contribution in [3.8, 4) is 0 Å². The fraction of sp³-hybridized carbons (Fsp3) is 0.611. The third-order valence-corrected chi connectivity index (χ3v) is 6.12. The number of aliphatic hydroxyl groups excluding tert-OH is 1. The van der Waals surface area contributed by atoms with Crippen molar-refractivity contribution in [2.45, 2.75) is 52.4 Å². The van der Waals surface area contributed by atoms with Crippen LogP contribution in [-0.2, 0) is 18.9 Å². The standard InChI is InChI=1S/C18H25N3O2/c1-10-20-14-12(16(23)21(10)5)6-7-13-17(2,3)15(22)11(9-19)8-18(13,14)4/h9,13,19,22H,6-8H2,1-5H3/t13-,18-/m0/s1. The number of rotatable bonds is 1. The summed E-state index contributed by atoms with van der Waals surface area (Å²) in [6.45, 7) is 8.06. The molecule has 2 aliphatic carbocycles. The van der Waals surface area contributed by atoms with Crippen molar-refractivity contribution in [2.24, 2.45) is 18.4 Å². The zero-order chi connectivity index (χ0) is 17.2. The zero-order valence-electron chi connectivity index (χ0n) is 14.5. The molecule has 0 amide bonds. The monoisotopic (exact) mass is 315 g/mol. The van der Waals surface area contributed by atoms with Crippen LogP contribution in [0.15, 0.2) is 16.1 Å². The van der Waals surface area contributed by atoms with Gasteiger partial charge >= 0.3 is 0 Å². The minimum absolute atomic E-state index is 0.0418. The van der Waals surface area contributed by atoms with Crippen molar-refractivity contribution in [1.82, 2.24) is 9.55 Å². The van der Waals surface area contributed by atoms with Gasteiger partial charge in [-0.3, -0.25) is 9.36 Å². The number of nitrogens with one attached hydrogen (secondary N) is 1. The number of hydrogen-bond acceptors (Lipinski definition) is 4. The Bertz CT molecular complexity index is 788. The second-order valence-electron chi connectivity index (χ2n) is 7.78. The molecular weight excluding hydrogens is 290 g/mol. The van der Waals surface area contributed by atoms with Crippen LogP contribution in [-0.4, -0.2) is 20.9 Å². The predicted molar refractivity (Wildman–Crippen MR) is 90.2 cm³/mol. The van der Waals surface area contributed by atoms with E-state index in [4.69, 9.17) is 10.4 Å². The Morgan fingerprint density at radius 2 is 2.04 bits per heavy atom. The minimum Gasteiger partial charge on any atom is -0.511 e. The second-order valence-corrected chi connectivity index (χ2v) is 7.78. The maximum atomic E-state index is 12.6. The second kappa shape index (κ2) is 4.79. The van der Waals surface area contributed by atoms with Crippen LogP contribution in [0.3, 0.4) is 0 Å². The van der Waals surface area contributed by atoms with Crippen molar-refractivity contribution < 1.29 is 5.11 Å². The highest BCUT2D eigenvalue weighted by atomic mass is 16.3. The summed E-state index contributed by atoms with van der Waals surface area (Å²) in [5, 5.41) is 18.3. The van der Waals surface area contributed by atoms with Gasteiger partial charge in [0.05, 0.1) is 5.69 Å². The number of aliphatic hydroxyl groups is 1. The van der Waals surface area contributed by atoms with E-state index >= 15 is 0 Å². The number of hydrogen-bond donors (Lipinski definition) is 2. The lowest BCUT2D eigenvalue weighted by Crippen LogP contribution is -2.51. The first-order valence-corrected chi connectivity index (χ1v) is 8.14. The molecule has 1 aromatic rings. The number of nitrogens with zero attached hydrogens (tertiary/aromatic N) is 2. The summed E-state index contributed by atoms with van der Waals surface area (Å²) in [5.74, 6) is 1.23. The van der Waals surface area contributed by atoms with E-state index in [2.05, 4.69) is 6.92 Å². The van der Waals surface area contributed by atoms with Gasteiger partial charge in [0.2, 0.25) is 0 Å². The minimum atomic E-state index is -0.422. The van der Waals surface area contributed by atoms with Crippen LogP contribution in [0.25, 0.3) is 0 Å². The van der Waals surface area contributed by atoms with Crippen molar-refractivity contribution in [3.05, 3.63) is 38.8 Å². The molecule has 0 radical (unpaired) electrons. The third kappa shape index (κ3) is 1.95. The predicted octanol–water partition coefficient (Wildman–Crippen LogP) is 2.80. The smallest absolute Gasteiger partial charge is 0.256 e. The molecule has 0 spiro atoms. The van der Waals surface area contributed by atoms with Crippen LogP contribution in [0.4, 0.5) is 0 Å². The van der Waals surface area contributed by atoms with E-state index in [1.807, 2.05) is 20.8 Å². The van der Waals surface area contributed by atoms with E-state index in [0.717, 1.165) is 17.7 Å². The molecule has 124 valence electrons. The number of fused-ring (bicyclic) bond motifs is 3. The van der Waals surface area contributed by atoms with Crippen LogP contribution >= 0.6 is 0 Å². The molecule has 23 heavy (non-hydrogen) atoms. The average molecular weight is 315 g/mol. The zero-order valence-corrected chi connectivity index (χ0v) is 14.5. The van der Waals surface area contributed by atoms with Crippen LogP contribution < -0.4 is 5.56 Å². The van der Waals surface area contributed by atoms with Crippen LogP contribution in [0, 0.1) is 23.7 Å². The first-order valence-electron chi connectivity index (χ1n) is 8.14. The van der Waals surface area contributed by atoms with Gasteiger partial charge in [0.25, 0.3) is 5.56 Å². The van der Waals surface area contributed by atoms with Crippen LogP contribution in [0.1, 0.15) is 50.7 Å². The Morgan fingerprint density at radius 1 is 1.39 bits per heavy atom. The summed E-state index contributed by atoms with van der Waals surface area (Å²) < 4.78 is 1.61. The molecule has 2 atom stereocenters. The molecule has 2 N–H and O–H groups in total. The summed E-state index contributed by atoms with van der Waals surface area (Å²) in [6.07, 6.45) is 3.36. The van der Waals surface area contributed by atoms with Crippen molar-refractivity contribution in [1.29, 1.82) is 5.41 Å². The topological polar surface area (TPSA) is 79.0 Å². The molecule has 0 unspecified atom stereocenters. The highest BCUT2D eigenvalue weighted by Crippen LogP contribution is 2.57. The Balaban J connectivity index is 2.30. The molecule has 0 aromatic carbocycles. The van der Waals surface area contributed by atoms with E-state index in [0.29, 0.717) is 30.0 Å². The largest absolute Gasteiger partial charge is 0.511 e. The van der Waals surface area contributed by atoms with Gasteiger partial charge in [0.15, 0.2) is 0 Å². The van der Waals surface area contributed by atoms with Gasteiger partial charge in [0.1, 0.15) is 11.6 Å². The molecule has 3 rings (SSSR count). The Kier molecular flexibility index (Phi) is 3.33. The lowest BCUT2D eigenvalue weighted by molar-refractivity contribution is 0.0631. The maximum absolute atomic E-state index is 12.6. The molecular formula is C18H25N3O2. The fourth-order valence-electron chi connectivity index (χ4n) is 4.77. The molecule has 0 saturated heterocycles. The molecule has 2 aliphatic rings.